The second-order valence-corrected chi connectivity index (χ2v) is 14.6. The molecule has 0 aromatic heterocycles. The van der Waals surface area contributed by atoms with Crippen molar-refractivity contribution in [1.29, 1.82) is 0 Å². The van der Waals surface area contributed by atoms with E-state index in [1.807, 2.05) is 0 Å². The van der Waals surface area contributed by atoms with E-state index in [9.17, 15) is 0 Å². The summed E-state index contributed by atoms with van der Waals surface area (Å²) in [4.78, 5) is 0. The van der Waals surface area contributed by atoms with Crippen molar-refractivity contribution in [3.63, 3.8) is 0 Å². The molecule has 0 fully saturated rings. The summed E-state index contributed by atoms with van der Waals surface area (Å²) in [5.74, 6) is 1.29. The van der Waals surface area contributed by atoms with Crippen molar-refractivity contribution >= 4 is 0 Å². The van der Waals surface area contributed by atoms with Crippen LogP contribution in [0.4, 0.5) is 0 Å². The second-order valence-electron chi connectivity index (χ2n) is 14.6. The molecule has 2 atom stereocenters. The smallest absolute Gasteiger partial charge is 0.0847 e. The first-order chi connectivity index (χ1) is 18.7. The first-order valence-electron chi connectivity index (χ1n) is 17.8. The third kappa shape index (κ3) is 15.3. The zero-order valence-corrected chi connectivity index (χ0v) is 27.7. The van der Waals surface area contributed by atoms with Crippen molar-refractivity contribution in [3.8, 4) is 0 Å². The largest absolute Gasteiger partial charge is 0.361 e. The fraction of sp³-hybridized carbons (Fsp3) is 0.895. The summed E-state index contributed by atoms with van der Waals surface area (Å²) in [7, 11) is 0. The predicted molar refractivity (Wildman–Crippen MR) is 175 cm³/mol. The number of rotatable bonds is 4. The Bertz CT molecular complexity index is 623. The van der Waals surface area contributed by atoms with Gasteiger partial charge >= 0.3 is 0 Å². The number of hydrogen-bond donors (Lipinski definition) is 0. The van der Waals surface area contributed by atoms with Gasteiger partial charge in [0.05, 0.1) is 11.2 Å². The Kier molecular flexibility index (Phi) is 17.4. The maximum absolute atomic E-state index is 7.24. The third-order valence-electron chi connectivity index (χ3n) is 9.74. The number of hydrogen-bond acceptors (Lipinski definition) is 1. The van der Waals surface area contributed by atoms with Crippen molar-refractivity contribution in [2.24, 2.45) is 11.8 Å². The molecule has 2 rings (SSSR count). The zero-order valence-electron chi connectivity index (χ0n) is 27.7. The first-order valence-corrected chi connectivity index (χ1v) is 17.8. The highest BCUT2D eigenvalue weighted by molar-refractivity contribution is 5.21. The molecule has 2 unspecified atom stereocenters. The number of ether oxygens (including phenoxy) is 1. The van der Waals surface area contributed by atoms with Crippen LogP contribution in [0, 0.1) is 11.8 Å². The van der Waals surface area contributed by atoms with Gasteiger partial charge in [-0.05, 0) is 89.2 Å². The van der Waals surface area contributed by atoms with Crippen molar-refractivity contribution in [3.05, 3.63) is 23.3 Å². The summed E-state index contributed by atoms with van der Waals surface area (Å²) in [5, 5.41) is 0. The standard InChI is InChI=1S/C38H70O/c1-33-27-23-19-15-11-7-9-13-17-21-25-29-35(31-33)37(3,4)39-38(5,6)36-30-26-22-18-14-10-8-12-16-20-24-28-34(2)32-36/h31-34H,7-30H2,1-6H3/b35-31+,36-32+. The van der Waals surface area contributed by atoms with Gasteiger partial charge < -0.3 is 4.74 Å². The molecule has 39 heavy (non-hydrogen) atoms. The van der Waals surface area contributed by atoms with E-state index in [-0.39, 0.29) is 11.2 Å². The van der Waals surface area contributed by atoms with Crippen LogP contribution in [0.2, 0.25) is 0 Å². The Labute approximate surface area is 246 Å². The van der Waals surface area contributed by atoms with Crippen LogP contribution in [0.5, 0.6) is 0 Å². The monoisotopic (exact) mass is 543 g/mol. The molecule has 0 heterocycles. The highest BCUT2D eigenvalue weighted by Gasteiger charge is 2.34. The average Bonchev–Trinajstić information content (AvgIpc) is 2.88. The maximum atomic E-state index is 7.24. The first kappa shape index (κ1) is 34.6. The van der Waals surface area contributed by atoms with E-state index in [4.69, 9.17) is 4.74 Å². The average molecular weight is 543 g/mol. The minimum Gasteiger partial charge on any atom is -0.361 e. The van der Waals surface area contributed by atoms with Crippen molar-refractivity contribution < 1.29 is 4.74 Å². The van der Waals surface area contributed by atoms with Crippen LogP contribution in [0.15, 0.2) is 23.3 Å². The van der Waals surface area contributed by atoms with E-state index in [0.29, 0.717) is 11.8 Å². The molecule has 0 saturated heterocycles. The van der Waals surface area contributed by atoms with Crippen LogP contribution in [0.1, 0.15) is 196 Å². The Morgan fingerprint density at radius 3 is 1.00 bits per heavy atom. The van der Waals surface area contributed by atoms with Gasteiger partial charge in [0.1, 0.15) is 0 Å². The Morgan fingerprint density at radius 2 is 0.692 bits per heavy atom. The quantitative estimate of drug-likeness (QED) is 0.321. The van der Waals surface area contributed by atoms with Gasteiger partial charge in [0, 0.05) is 0 Å². The van der Waals surface area contributed by atoms with Gasteiger partial charge in [-0.1, -0.05) is 142 Å². The third-order valence-corrected chi connectivity index (χ3v) is 9.74. The van der Waals surface area contributed by atoms with Gasteiger partial charge in [-0.25, -0.2) is 0 Å². The highest BCUT2D eigenvalue weighted by Crippen LogP contribution is 2.37. The molecule has 0 N–H and O–H groups in total. The van der Waals surface area contributed by atoms with Gasteiger partial charge in [0.15, 0.2) is 0 Å². The van der Waals surface area contributed by atoms with E-state index in [1.165, 1.54) is 154 Å². The fourth-order valence-electron chi connectivity index (χ4n) is 7.18. The van der Waals surface area contributed by atoms with Crippen LogP contribution in [0.25, 0.3) is 0 Å². The molecule has 0 amide bonds. The van der Waals surface area contributed by atoms with E-state index >= 15 is 0 Å². The lowest BCUT2D eigenvalue weighted by Gasteiger charge is -2.40. The highest BCUT2D eigenvalue weighted by atomic mass is 16.5. The van der Waals surface area contributed by atoms with Crippen LogP contribution >= 0.6 is 0 Å². The number of allylic oxidation sites excluding steroid dienone is 2. The lowest BCUT2D eigenvalue weighted by molar-refractivity contribution is -0.0850. The fourth-order valence-corrected chi connectivity index (χ4v) is 7.18. The molecule has 228 valence electrons. The molecule has 0 aliphatic heterocycles. The molecule has 0 aromatic carbocycles. The van der Waals surface area contributed by atoms with E-state index in [0.717, 1.165) is 0 Å². The molecule has 0 aromatic rings. The van der Waals surface area contributed by atoms with E-state index in [1.54, 1.807) is 11.1 Å². The van der Waals surface area contributed by atoms with E-state index < -0.39 is 0 Å². The Morgan fingerprint density at radius 1 is 0.436 bits per heavy atom. The minimum absolute atomic E-state index is 0.229. The molecule has 0 radical (unpaired) electrons. The summed E-state index contributed by atoms with van der Waals surface area (Å²) >= 11 is 0. The summed E-state index contributed by atoms with van der Waals surface area (Å²) in [5.41, 5.74) is 2.66. The normalized spacial score (nSPS) is 28.9. The van der Waals surface area contributed by atoms with Gasteiger partial charge in [-0.15, -0.1) is 0 Å². The zero-order chi connectivity index (χ0) is 28.4. The van der Waals surface area contributed by atoms with Crippen LogP contribution < -0.4 is 0 Å². The molecule has 1 heteroatoms. The lowest BCUT2D eigenvalue weighted by Crippen LogP contribution is -2.40. The maximum Gasteiger partial charge on any atom is 0.0847 e. The van der Waals surface area contributed by atoms with Gasteiger partial charge in [0.2, 0.25) is 0 Å². The van der Waals surface area contributed by atoms with Crippen LogP contribution in [-0.4, -0.2) is 11.2 Å². The second kappa shape index (κ2) is 19.5. The molecule has 0 bridgehead atoms. The summed E-state index contributed by atoms with van der Waals surface area (Å²) in [6.45, 7) is 14.4. The molecule has 0 spiro atoms. The van der Waals surface area contributed by atoms with Gasteiger partial charge in [-0.3, -0.25) is 0 Å². The molecular weight excluding hydrogens is 472 g/mol. The SMILES string of the molecule is CC1/C=C(/C(C)(C)OC(C)(C)/C2=C/C(C)CCCCCCCCCCCC2)CCCCCCCCCCCC1. The summed E-state index contributed by atoms with van der Waals surface area (Å²) in [6.07, 6.45) is 38.4. The molecule has 2 aliphatic carbocycles. The van der Waals surface area contributed by atoms with E-state index in [2.05, 4.69) is 53.7 Å². The Balaban J connectivity index is 2.16. The summed E-state index contributed by atoms with van der Waals surface area (Å²) in [6, 6.07) is 0. The van der Waals surface area contributed by atoms with Crippen LogP contribution in [-0.2, 0) is 4.74 Å². The Hall–Kier alpha value is -0.560. The molecule has 1 nitrogen and oxygen atoms in total. The molecular formula is C38H70O. The van der Waals surface area contributed by atoms with Crippen molar-refractivity contribution in [2.75, 3.05) is 0 Å². The molecule has 0 saturated carbocycles. The lowest BCUT2D eigenvalue weighted by atomic mass is 9.85. The molecule has 2 aliphatic rings. The summed E-state index contributed by atoms with van der Waals surface area (Å²) < 4.78 is 7.24. The topological polar surface area (TPSA) is 9.23 Å². The van der Waals surface area contributed by atoms with Gasteiger partial charge in [0.25, 0.3) is 0 Å². The van der Waals surface area contributed by atoms with Crippen molar-refractivity contribution in [2.45, 2.75) is 207 Å². The van der Waals surface area contributed by atoms with Gasteiger partial charge in [-0.2, -0.15) is 0 Å². The van der Waals surface area contributed by atoms with Crippen molar-refractivity contribution in [1.82, 2.24) is 0 Å². The minimum atomic E-state index is -0.229. The van der Waals surface area contributed by atoms with Crippen LogP contribution in [0.3, 0.4) is 0 Å². The predicted octanol–water partition coefficient (Wildman–Crippen LogP) is 13.1.